The first-order valence-electron chi connectivity index (χ1n) is 10.7. The summed E-state index contributed by atoms with van der Waals surface area (Å²) >= 11 is 0. The molecule has 4 aromatic rings. The third-order valence-corrected chi connectivity index (χ3v) is 5.96. The molecule has 1 aliphatic rings. The summed E-state index contributed by atoms with van der Waals surface area (Å²) in [5, 5.41) is 3.20. The molecule has 0 unspecified atom stereocenters. The van der Waals surface area contributed by atoms with Crippen molar-refractivity contribution < 1.29 is 13.9 Å². The molecular formula is C26H24N2O3. The van der Waals surface area contributed by atoms with Crippen LogP contribution in [0, 0.1) is 5.92 Å². The van der Waals surface area contributed by atoms with Crippen molar-refractivity contribution >= 4 is 28.6 Å². The topological polar surface area (TPSA) is 64.4 Å². The third kappa shape index (κ3) is 4.04. The number of hydrogen-bond acceptors (Lipinski definition) is 5. The van der Waals surface area contributed by atoms with Crippen molar-refractivity contribution in [3.05, 3.63) is 72.3 Å². The van der Waals surface area contributed by atoms with Crippen LogP contribution in [0.15, 0.2) is 71.1 Å². The molecule has 0 bridgehead atoms. The van der Waals surface area contributed by atoms with Gasteiger partial charge in [0.2, 0.25) is 0 Å². The molecule has 1 fully saturated rings. The summed E-state index contributed by atoms with van der Waals surface area (Å²) in [4.78, 5) is 17.0. The molecule has 0 amide bonds. The van der Waals surface area contributed by atoms with E-state index in [-0.39, 0.29) is 5.92 Å². The Bertz CT molecular complexity index is 1200. The van der Waals surface area contributed by atoms with Gasteiger partial charge in [-0.25, -0.2) is 0 Å². The number of carbonyl (C=O) groups excluding carboxylic acids is 1. The highest BCUT2D eigenvalue weighted by molar-refractivity contribution is 5.98. The van der Waals surface area contributed by atoms with E-state index in [0.717, 1.165) is 46.5 Å². The largest absolute Gasteiger partial charge is 0.497 e. The number of oxazole rings is 1. The minimum Gasteiger partial charge on any atom is -0.497 e. The molecule has 3 aromatic carbocycles. The van der Waals surface area contributed by atoms with Gasteiger partial charge in [0, 0.05) is 23.2 Å². The predicted molar refractivity (Wildman–Crippen MR) is 122 cm³/mol. The monoisotopic (exact) mass is 412 g/mol. The van der Waals surface area contributed by atoms with Crippen molar-refractivity contribution in [3.8, 4) is 16.9 Å². The summed E-state index contributed by atoms with van der Waals surface area (Å²) in [5.41, 5.74) is 5.32. The van der Waals surface area contributed by atoms with Gasteiger partial charge < -0.3 is 14.5 Å². The van der Waals surface area contributed by atoms with Crippen LogP contribution in [-0.4, -0.2) is 17.9 Å². The number of methoxy groups -OCH3 is 1. The van der Waals surface area contributed by atoms with E-state index in [1.807, 2.05) is 66.7 Å². The zero-order chi connectivity index (χ0) is 21.2. The molecule has 1 N–H and O–H groups in total. The van der Waals surface area contributed by atoms with E-state index >= 15 is 0 Å². The highest BCUT2D eigenvalue weighted by Crippen LogP contribution is 2.30. The minimum atomic E-state index is 0.212. The van der Waals surface area contributed by atoms with Gasteiger partial charge in [-0.3, -0.25) is 4.79 Å². The lowest BCUT2D eigenvalue weighted by molar-refractivity contribution is 0.0923. The number of aromatic nitrogens is 1. The molecule has 0 radical (unpaired) electrons. The number of carbonyl (C=O) groups is 1. The number of ether oxygens (including phenoxy) is 1. The Kier molecular flexibility index (Phi) is 5.16. The molecule has 1 saturated carbocycles. The molecule has 1 aromatic heterocycles. The quantitative estimate of drug-likeness (QED) is 0.361. The summed E-state index contributed by atoms with van der Waals surface area (Å²) in [6.45, 7) is 0. The number of anilines is 2. The Balaban J connectivity index is 1.29. The van der Waals surface area contributed by atoms with Crippen molar-refractivity contribution in [1.82, 2.24) is 4.98 Å². The molecule has 5 heteroatoms. The molecule has 156 valence electrons. The molecule has 5 nitrogen and oxygen atoms in total. The molecule has 1 heterocycles. The molecule has 31 heavy (non-hydrogen) atoms. The van der Waals surface area contributed by atoms with Crippen LogP contribution >= 0.6 is 0 Å². The van der Waals surface area contributed by atoms with Crippen molar-refractivity contribution in [2.24, 2.45) is 5.92 Å². The fourth-order valence-corrected chi connectivity index (χ4v) is 4.21. The van der Waals surface area contributed by atoms with Crippen molar-refractivity contribution in [2.45, 2.75) is 25.7 Å². The minimum absolute atomic E-state index is 0.212. The van der Waals surface area contributed by atoms with Crippen molar-refractivity contribution in [1.29, 1.82) is 0 Å². The predicted octanol–water partition coefficient (Wildman–Crippen LogP) is 6.62. The zero-order valence-corrected chi connectivity index (χ0v) is 17.4. The maximum Gasteiger partial charge on any atom is 0.300 e. The molecule has 1 aliphatic carbocycles. The van der Waals surface area contributed by atoms with Gasteiger partial charge in [-0.2, -0.15) is 4.98 Å². The van der Waals surface area contributed by atoms with Crippen molar-refractivity contribution in [3.63, 3.8) is 0 Å². The molecule has 0 spiro atoms. The van der Waals surface area contributed by atoms with Crippen LogP contribution < -0.4 is 10.1 Å². The number of rotatable bonds is 6. The second-order valence-corrected chi connectivity index (χ2v) is 7.98. The maximum absolute atomic E-state index is 12.6. The maximum atomic E-state index is 12.6. The number of Topliss-reactive ketones (excluding diaryl/α,β-unsaturated/α-hetero) is 1. The van der Waals surface area contributed by atoms with Gasteiger partial charge in [-0.1, -0.05) is 49.2 Å². The normalized spacial score (nSPS) is 14.1. The highest BCUT2D eigenvalue weighted by atomic mass is 16.5. The van der Waals surface area contributed by atoms with Gasteiger partial charge in [0.15, 0.2) is 11.4 Å². The molecule has 0 aliphatic heterocycles. The van der Waals surface area contributed by atoms with E-state index in [2.05, 4.69) is 10.3 Å². The van der Waals surface area contributed by atoms with Gasteiger partial charge >= 0.3 is 0 Å². The smallest absolute Gasteiger partial charge is 0.300 e. The summed E-state index contributed by atoms with van der Waals surface area (Å²) < 4.78 is 11.0. The molecule has 5 rings (SSSR count). The lowest BCUT2D eigenvalue weighted by atomic mass is 9.94. The molecular weight excluding hydrogens is 388 g/mol. The Hall–Kier alpha value is -3.60. The molecule has 0 atom stereocenters. The fraction of sp³-hybridized carbons (Fsp3) is 0.231. The van der Waals surface area contributed by atoms with Crippen LogP contribution in [0.1, 0.15) is 36.0 Å². The number of nitrogens with zero attached hydrogens (tertiary/aromatic N) is 1. The van der Waals surface area contributed by atoms with Gasteiger partial charge in [-0.05, 0) is 48.2 Å². The summed E-state index contributed by atoms with van der Waals surface area (Å²) in [5.74, 6) is 1.24. The van der Waals surface area contributed by atoms with E-state index < -0.39 is 0 Å². The first kappa shape index (κ1) is 19.4. The van der Waals surface area contributed by atoms with Crippen LogP contribution in [0.25, 0.3) is 22.2 Å². The van der Waals surface area contributed by atoms with E-state index in [1.165, 1.54) is 12.8 Å². The van der Waals surface area contributed by atoms with Crippen LogP contribution in [0.3, 0.4) is 0 Å². The van der Waals surface area contributed by atoms with Crippen LogP contribution in [0.2, 0.25) is 0 Å². The van der Waals surface area contributed by atoms with Gasteiger partial charge in [0.1, 0.15) is 11.3 Å². The second kappa shape index (κ2) is 8.26. The summed E-state index contributed by atoms with van der Waals surface area (Å²) in [6, 6.07) is 22.0. The van der Waals surface area contributed by atoms with Gasteiger partial charge in [0.05, 0.1) is 7.11 Å². The van der Waals surface area contributed by atoms with Crippen LogP contribution in [0.4, 0.5) is 11.7 Å². The van der Waals surface area contributed by atoms with Crippen molar-refractivity contribution in [2.75, 3.05) is 12.4 Å². The standard InChI is InChI=1S/C26H24N2O3/c1-30-22-14-15-23-24(16-22)31-26(28-23)27-21-12-10-18(11-13-21)17-6-8-20(9-7-17)25(29)19-4-2-3-5-19/h6-16,19H,2-5H2,1H3,(H,27,28). The summed E-state index contributed by atoms with van der Waals surface area (Å²) in [7, 11) is 1.62. The number of nitrogens with one attached hydrogen (secondary N) is 1. The lowest BCUT2D eigenvalue weighted by Crippen LogP contribution is -2.10. The van der Waals surface area contributed by atoms with Crippen LogP contribution in [-0.2, 0) is 0 Å². The van der Waals surface area contributed by atoms with Crippen LogP contribution in [0.5, 0.6) is 5.75 Å². The average molecular weight is 412 g/mol. The van der Waals surface area contributed by atoms with E-state index in [4.69, 9.17) is 9.15 Å². The van der Waals surface area contributed by atoms with E-state index in [0.29, 0.717) is 17.4 Å². The highest BCUT2D eigenvalue weighted by Gasteiger charge is 2.23. The first-order valence-corrected chi connectivity index (χ1v) is 10.7. The van der Waals surface area contributed by atoms with Gasteiger partial charge in [-0.15, -0.1) is 0 Å². The molecule has 0 saturated heterocycles. The number of hydrogen-bond donors (Lipinski definition) is 1. The Labute approximate surface area is 181 Å². The lowest BCUT2D eigenvalue weighted by Gasteiger charge is -2.09. The Morgan fingerprint density at radius 1 is 0.968 bits per heavy atom. The Morgan fingerprint density at radius 2 is 1.65 bits per heavy atom. The zero-order valence-electron chi connectivity index (χ0n) is 17.4. The third-order valence-electron chi connectivity index (χ3n) is 5.96. The first-order chi connectivity index (χ1) is 15.2. The van der Waals surface area contributed by atoms with E-state index in [1.54, 1.807) is 7.11 Å². The van der Waals surface area contributed by atoms with Gasteiger partial charge in [0.25, 0.3) is 6.01 Å². The number of fused-ring (bicyclic) bond motifs is 1. The number of ketones is 1. The second-order valence-electron chi connectivity index (χ2n) is 7.98. The average Bonchev–Trinajstić information content (AvgIpc) is 3.48. The van der Waals surface area contributed by atoms with E-state index in [9.17, 15) is 4.79 Å². The fourth-order valence-electron chi connectivity index (χ4n) is 4.21. The Morgan fingerprint density at radius 3 is 2.32 bits per heavy atom. The summed E-state index contributed by atoms with van der Waals surface area (Å²) in [6.07, 6.45) is 4.41. The number of benzene rings is 3. The SMILES string of the molecule is COc1ccc2nc(Nc3ccc(-c4ccc(C(=O)C5CCCC5)cc4)cc3)oc2c1.